The Labute approximate surface area is 98.3 Å². The number of hydrogen-bond acceptors (Lipinski definition) is 1. The first-order chi connectivity index (χ1) is 7.38. The van der Waals surface area contributed by atoms with Crippen LogP contribution < -0.4 is 4.90 Å². The normalized spacial score (nSPS) is 11.9. The monoisotopic (exact) mass is 223 g/mol. The zero-order chi connectivity index (χ0) is 12.3. The fourth-order valence-electron chi connectivity index (χ4n) is 2.12. The molecule has 0 bridgehead atoms. The molecule has 90 valence electrons. The quantitative estimate of drug-likeness (QED) is 0.738. The first-order valence-electron chi connectivity index (χ1n) is 5.93. The van der Waals surface area contributed by atoms with Gasteiger partial charge in [0.2, 0.25) is 0 Å². The van der Waals surface area contributed by atoms with Gasteiger partial charge in [0, 0.05) is 17.3 Å². The number of hydrogen-bond donors (Lipinski definition) is 0. The summed E-state index contributed by atoms with van der Waals surface area (Å²) >= 11 is 0. The van der Waals surface area contributed by atoms with Gasteiger partial charge in [-0.1, -0.05) is 6.92 Å². The lowest BCUT2D eigenvalue weighted by Gasteiger charge is -2.43. The molecule has 1 aromatic carbocycles. The summed E-state index contributed by atoms with van der Waals surface area (Å²) in [5.41, 5.74) is 1.18. The van der Waals surface area contributed by atoms with Crippen molar-refractivity contribution in [2.75, 3.05) is 4.90 Å². The third kappa shape index (κ3) is 2.75. The van der Waals surface area contributed by atoms with E-state index in [9.17, 15) is 4.39 Å². The van der Waals surface area contributed by atoms with Crippen molar-refractivity contribution in [3.05, 3.63) is 30.1 Å². The van der Waals surface area contributed by atoms with Crippen LogP contribution in [0.4, 0.5) is 10.1 Å². The van der Waals surface area contributed by atoms with E-state index in [0.717, 1.165) is 12.1 Å². The van der Waals surface area contributed by atoms with E-state index >= 15 is 0 Å². The highest BCUT2D eigenvalue weighted by Gasteiger charge is 2.27. The zero-order valence-corrected chi connectivity index (χ0v) is 10.9. The summed E-state index contributed by atoms with van der Waals surface area (Å²) in [7, 11) is 0. The van der Waals surface area contributed by atoms with E-state index in [1.165, 1.54) is 12.1 Å². The van der Waals surface area contributed by atoms with E-state index in [1.54, 1.807) is 0 Å². The van der Waals surface area contributed by atoms with Crippen LogP contribution in [0, 0.1) is 5.82 Å². The highest BCUT2D eigenvalue weighted by molar-refractivity contribution is 5.49. The highest BCUT2D eigenvalue weighted by Crippen LogP contribution is 2.28. The van der Waals surface area contributed by atoms with Crippen LogP contribution in [0.1, 0.15) is 41.0 Å². The van der Waals surface area contributed by atoms with E-state index in [-0.39, 0.29) is 11.4 Å². The lowest BCUT2D eigenvalue weighted by atomic mass is 9.96. The van der Waals surface area contributed by atoms with Crippen molar-refractivity contribution in [1.82, 2.24) is 0 Å². The third-order valence-corrected chi connectivity index (χ3v) is 3.14. The number of rotatable bonds is 4. The predicted octanol–water partition coefficient (Wildman–Crippen LogP) is 4.23. The van der Waals surface area contributed by atoms with Gasteiger partial charge in [-0.2, -0.15) is 0 Å². The average molecular weight is 223 g/mol. The van der Waals surface area contributed by atoms with Gasteiger partial charge in [0.05, 0.1) is 0 Å². The van der Waals surface area contributed by atoms with Crippen molar-refractivity contribution in [3.63, 3.8) is 0 Å². The zero-order valence-electron chi connectivity index (χ0n) is 10.9. The molecule has 0 N–H and O–H groups in total. The van der Waals surface area contributed by atoms with Gasteiger partial charge in [0.15, 0.2) is 0 Å². The Hall–Kier alpha value is -1.05. The van der Waals surface area contributed by atoms with Crippen LogP contribution in [0.3, 0.4) is 0 Å². The predicted molar refractivity (Wildman–Crippen MR) is 68.4 cm³/mol. The molecule has 0 unspecified atom stereocenters. The van der Waals surface area contributed by atoms with Crippen molar-refractivity contribution in [3.8, 4) is 0 Å². The molecular weight excluding hydrogens is 201 g/mol. The Kier molecular flexibility index (Phi) is 3.95. The molecule has 0 amide bonds. The number of anilines is 1. The van der Waals surface area contributed by atoms with Crippen LogP contribution >= 0.6 is 0 Å². The fourth-order valence-corrected chi connectivity index (χ4v) is 2.12. The molecule has 0 aromatic heterocycles. The van der Waals surface area contributed by atoms with Crippen LogP contribution in [0.15, 0.2) is 24.3 Å². The van der Waals surface area contributed by atoms with Crippen LogP contribution in [0.25, 0.3) is 0 Å². The summed E-state index contributed by atoms with van der Waals surface area (Å²) in [6.07, 6.45) is 1.06. The largest absolute Gasteiger partial charge is 0.364 e. The van der Waals surface area contributed by atoms with Gasteiger partial charge in [0.25, 0.3) is 0 Å². The molecule has 0 atom stereocenters. The van der Waals surface area contributed by atoms with Gasteiger partial charge in [-0.25, -0.2) is 4.39 Å². The molecule has 2 heteroatoms. The summed E-state index contributed by atoms with van der Waals surface area (Å²) < 4.78 is 12.9. The summed E-state index contributed by atoms with van der Waals surface area (Å²) in [5, 5.41) is 0. The topological polar surface area (TPSA) is 3.24 Å². The molecule has 1 nitrogen and oxygen atoms in total. The molecule has 0 saturated heterocycles. The fraction of sp³-hybridized carbons (Fsp3) is 0.571. The minimum atomic E-state index is -0.179. The van der Waals surface area contributed by atoms with Crippen molar-refractivity contribution >= 4 is 5.69 Å². The van der Waals surface area contributed by atoms with Crippen molar-refractivity contribution in [2.45, 2.75) is 52.6 Å². The second-order valence-electron chi connectivity index (χ2n) is 5.11. The lowest BCUT2D eigenvalue weighted by molar-refractivity contribution is 0.415. The maximum absolute atomic E-state index is 12.9. The van der Waals surface area contributed by atoms with Crippen molar-refractivity contribution in [1.29, 1.82) is 0 Å². The maximum atomic E-state index is 12.9. The van der Waals surface area contributed by atoms with Gasteiger partial charge in [-0.05, 0) is 58.4 Å². The Morgan fingerprint density at radius 3 is 2.06 bits per heavy atom. The van der Waals surface area contributed by atoms with E-state index in [2.05, 4.69) is 39.5 Å². The van der Waals surface area contributed by atoms with Gasteiger partial charge < -0.3 is 4.90 Å². The first kappa shape index (κ1) is 13.0. The molecule has 0 aliphatic heterocycles. The molecule has 0 aliphatic rings. The highest BCUT2D eigenvalue weighted by atomic mass is 19.1. The molecule has 0 saturated carbocycles. The molecular formula is C14H22FN. The molecule has 1 rings (SSSR count). The van der Waals surface area contributed by atoms with Gasteiger partial charge >= 0.3 is 0 Å². The van der Waals surface area contributed by atoms with Crippen LogP contribution in [0.5, 0.6) is 0 Å². The SMILES string of the molecule is CCC(C)(C)N(c1ccc(F)cc1)C(C)C. The number of nitrogens with zero attached hydrogens (tertiary/aromatic N) is 1. The van der Waals surface area contributed by atoms with E-state index < -0.39 is 0 Å². The van der Waals surface area contributed by atoms with Crippen LogP contribution in [-0.4, -0.2) is 11.6 Å². The maximum Gasteiger partial charge on any atom is 0.123 e. The Balaban J connectivity index is 3.08. The van der Waals surface area contributed by atoms with E-state index in [0.29, 0.717) is 6.04 Å². The molecule has 0 spiro atoms. The molecule has 16 heavy (non-hydrogen) atoms. The van der Waals surface area contributed by atoms with Crippen LogP contribution in [0.2, 0.25) is 0 Å². The second-order valence-corrected chi connectivity index (χ2v) is 5.11. The van der Waals surface area contributed by atoms with Gasteiger partial charge in [-0.3, -0.25) is 0 Å². The molecule has 0 aliphatic carbocycles. The molecule has 1 aromatic rings. The van der Waals surface area contributed by atoms with E-state index in [4.69, 9.17) is 0 Å². The Bertz CT molecular complexity index is 327. The minimum absolute atomic E-state index is 0.0893. The average Bonchev–Trinajstić information content (AvgIpc) is 2.20. The van der Waals surface area contributed by atoms with Gasteiger partial charge in [-0.15, -0.1) is 0 Å². The van der Waals surface area contributed by atoms with Crippen molar-refractivity contribution < 1.29 is 4.39 Å². The van der Waals surface area contributed by atoms with E-state index in [1.807, 2.05) is 12.1 Å². The summed E-state index contributed by atoms with van der Waals surface area (Å²) in [4.78, 5) is 2.34. The lowest BCUT2D eigenvalue weighted by Crippen LogP contribution is -2.47. The van der Waals surface area contributed by atoms with Crippen LogP contribution in [-0.2, 0) is 0 Å². The third-order valence-electron chi connectivity index (χ3n) is 3.14. The molecule has 0 radical (unpaired) electrons. The van der Waals surface area contributed by atoms with Gasteiger partial charge in [0.1, 0.15) is 5.82 Å². The first-order valence-corrected chi connectivity index (χ1v) is 5.93. The Morgan fingerprint density at radius 2 is 1.69 bits per heavy atom. The summed E-state index contributed by atoms with van der Waals surface area (Å²) in [6.45, 7) is 11.0. The standard InChI is InChI=1S/C14H22FN/c1-6-14(4,5)16(11(2)3)13-9-7-12(15)8-10-13/h7-11H,6H2,1-5H3. The number of benzene rings is 1. The number of halogens is 1. The Morgan fingerprint density at radius 1 is 1.19 bits per heavy atom. The summed E-state index contributed by atoms with van der Waals surface area (Å²) in [5.74, 6) is -0.179. The summed E-state index contributed by atoms with van der Waals surface area (Å²) in [6, 6.07) is 7.16. The van der Waals surface area contributed by atoms with Crippen molar-refractivity contribution in [2.24, 2.45) is 0 Å². The minimum Gasteiger partial charge on any atom is -0.364 e. The second kappa shape index (κ2) is 4.86. The smallest absolute Gasteiger partial charge is 0.123 e. The molecule has 0 fully saturated rings. The molecule has 0 heterocycles.